The van der Waals surface area contributed by atoms with Crippen LogP contribution in [0.15, 0.2) is 12.4 Å². The van der Waals surface area contributed by atoms with Crippen LogP contribution in [-0.2, 0) is 4.79 Å². The number of aryl methyl sites for hydroxylation is 1. The number of anilines is 1. The molecule has 0 radical (unpaired) electrons. The number of H-pyrrole nitrogens is 1. The predicted molar refractivity (Wildman–Crippen MR) is 92.6 cm³/mol. The Morgan fingerprint density at radius 2 is 2.54 bits per heavy atom. The quantitative estimate of drug-likeness (QED) is 0.872. The number of carbonyl (C=O) groups is 1. The maximum Gasteiger partial charge on any atom is 0.302 e. The molecule has 24 heavy (non-hydrogen) atoms. The zero-order chi connectivity index (χ0) is 21.6. The van der Waals surface area contributed by atoms with Crippen molar-refractivity contribution in [2.24, 2.45) is 5.89 Å². The van der Waals surface area contributed by atoms with Crippen LogP contribution in [0.5, 0.6) is 0 Å². The number of nitrogens with zero attached hydrogens (tertiary/aromatic N) is 5. The van der Waals surface area contributed by atoms with Crippen molar-refractivity contribution in [3.8, 4) is 0 Å². The number of hydrogen-bond donors (Lipinski definition) is 1. The van der Waals surface area contributed by atoms with Gasteiger partial charge in [0.2, 0.25) is 0 Å². The average molecular weight is 331 g/mol. The number of likely N-dealkylation sites (N-methyl/N-ethyl adjacent to an activating group) is 1. The van der Waals surface area contributed by atoms with E-state index in [0.717, 1.165) is 0 Å². The summed E-state index contributed by atoms with van der Waals surface area (Å²) >= 11 is 0. The number of hydrogen-bond acceptors (Lipinski definition) is 4. The molecular weight excluding hydrogens is 304 g/mol. The van der Waals surface area contributed by atoms with Gasteiger partial charge in [-0.05, 0) is 25.3 Å². The maximum absolute atomic E-state index is 12.3. The van der Waals surface area contributed by atoms with Crippen molar-refractivity contribution in [2.45, 2.75) is 26.2 Å². The molecule has 2 aromatic heterocycles. The topological polar surface area (TPSA) is 69.5 Å². The number of carbonyl (C=O) groups excluding carboxylic acids is 1. The monoisotopic (exact) mass is 331 g/mol. The fraction of sp³-hybridized carbons (Fsp3) is 0.529. The summed E-state index contributed by atoms with van der Waals surface area (Å²) in [5.41, 5.74) is 1.05. The van der Waals surface area contributed by atoms with Crippen LogP contribution in [0.25, 0.3) is 15.9 Å². The van der Waals surface area contributed by atoms with Gasteiger partial charge in [-0.25, -0.2) is 16.5 Å². The summed E-state index contributed by atoms with van der Waals surface area (Å²) < 4.78 is 41.0. The first-order valence-electron chi connectivity index (χ1n) is 10.1. The van der Waals surface area contributed by atoms with Gasteiger partial charge in [0.05, 0.1) is 12.8 Å². The summed E-state index contributed by atoms with van der Waals surface area (Å²) in [4.78, 5) is 29.8. The Bertz CT molecular complexity index is 983. The first kappa shape index (κ1) is 11.0. The van der Waals surface area contributed by atoms with Gasteiger partial charge in [-0.3, -0.25) is 4.79 Å². The Morgan fingerprint density at radius 1 is 1.71 bits per heavy atom. The third-order valence-electron chi connectivity index (χ3n) is 4.26. The van der Waals surface area contributed by atoms with Crippen LogP contribution in [-0.4, -0.2) is 58.5 Å². The summed E-state index contributed by atoms with van der Waals surface area (Å²) in [6.07, 6.45) is 1.26. The van der Waals surface area contributed by atoms with Crippen molar-refractivity contribution in [3.05, 3.63) is 29.5 Å². The van der Waals surface area contributed by atoms with Gasteiger partial charge in [0.1, 0.15) is 17.8 Å². The van der Waals surface area contributed by atoms with Crippen LogP contribution >= 0.6 is 0 Å². The van der Waals surface area contributed by atoms with E-state index in [2.05, 4.69) is 19.8 Å². The molecule has 1 aliphatic heterocycles. The highest BCUT2D eigenvalue weighted by atomic mass is 16.2. The molecule has 0 spiro atoms. The zero-order valence-corrected chi connectivity index (χ0v) is 13.6. The lowest BCUT2D eigenvalue weighted by Crippen LogP contribution is -2.53. The first-order chi connectivity index (χ1) is 13.5. The van der Waals surface area contributed by atoms with Gasteiger partial charge >= 0.3 is 5.91 Å². The van der Waals surface area contributed by atoms with Crippen molar-refractivity contribution in [2.75, 3.05) is 31.6 Å². The fourth-order valence-corrected chi connectivity index (χ4v) is 2.98. The molecule has 0 aliphatic carbocycles. The van der Waals surface area contributed by atoms with Gasteiger partial charge < -0.3 is 19.6 Å². The minimum atomic E-state index is -2.59. The van der Waals surface area contributed by atoms with E-state index in [1.807, 2.05) is 0 Å². The van der Waals surface area contributed by atoms with E-state index in [1.165, 1.54) is 11.2 Å². The number of aromatic amines is 1. The van der Waals surface area contributed by atoms with Crippen molar-refractivity contribution in [3.63, 3.8) is 0 Å². The van der Waals surface area contributed by atoms with E-state index in [4.69, 9.17) is 13.4 Å². The third-order valence-corrected chi connectivity index (χ3v) is 4.26. The Morgan fingerprint density at radius 3 is 3.29 bits per heavy atom. The van der Waals surface area contributed by atoms with Gasteiger partial charge in [-0.1, -0.05) is 6.85 Å². The zero-order valence-electron chi connectivity index (χ0n) is 18.6. The SMILES string of the molecule is [2H]c1c(C)[nH]c2ncnc(N(C)[C@H]3CN(C(=O)C[N+]#[C-])CC[C@@]3([2H])C([2H])([2H])[2H])c12. The molecular formula is C17H22N6O. The first-order valence-corrected chi connectivity index (χ1v) is 7.65. The summed E-state index contributed by atoms with van der Waals surface area (Å²) in [5.74, 6) is -1.91. The lowest BCUT2D eigenvalue weighted by molar-refractivity contribution is -0.130. The number of aromatic nitrogens is 3. The molecule has 7 heteroatoms. The Labute approximate surface area is 148 Å². The highest BCUT2D eigenvalue weighted by Crippen LogP contribution is 2.29. The molecule has 1 saturated heterocycles. The summed E-state index contributed by atoms with van der Waals surface area (Å²) in [6.45, 7) is 5.82. The minimum absolute atomic E-state index is 0.0189. The summed E-state index contributed by atoms with van der Waals surface area (Å²) in [7, 11) is 1.62. The fourth-order valence-electron chi connectivity index (χ4n) is 2.98. The van der Waals surface area contributed by atoms with E-state index in [0.29, 0.717) is 22.5 Å². The van der Waals surface area contributed by atoms with Gasteiger partial charge in [-0.2, -0.15) is 0 Å². The standard InChI is InChI=1S/C17H22N6O/c1-11-5-6-23(15(24)8-18-3)9-14(11)22(4)17-13-7-12(2)21-16(13)19-10-20-17/h7,10-11,14H,5-6,8-9H2,1-2,4H3,(H,19,20,21)/t11-,14+/m1/s1/i1D3,7D,11D. The van der Waals surface area contributed by atoms with Crippen molar-refractivity contribution >= 4 is 22.8 Å². The van der Waals surface area contributed by atoms with Gasteiger partial charge in [0, 0.05) is 31.3 Å². The van der Waals surface area contributed by atoms with Crippen molar-refractivity contribution in [1.29, 1.82) is 0 Å². The molecule has 1 amide bonds. The van der Waals surface area contributed by atoms with Crippen LogP contribution in [0.2, 0.25) is 0 Å². The van der Waals surface area contributed by atoms with Crippen LogP contribution in [0.4, 0.5) is 5.82 Å². The third kappa shape index (κ3) is 2.92. The number of likely N-dealkylation sites (tertiary alicyclic amines) is 1. The molecule has 1 N–H and O–H groups in total. The number of fused-ring (bicyclic) bond motifs is 1. The molecule has 3 heterocycles. The van der Waals surface area contributed by atoms with Gasteiger partial charge in [-0.15, -0.1) is 0 Å². The van der Waals surface area contributed by atoms with Gasteiger partial charge in [0.25, 0.3) is 6.54 Å². The van der Waals surface area contributed by atoms with Crippen molar-refractivity contribution in [1.82, 2.24) is 19.9 Å². The van der Waals surface area contributed by atoms with E-state index in [9.17, 15) is 4.79 Å². The van der Waals surface area contributed by atoms with Crippen LogP contribution < -0.4 is 4.90 Å². The highest BCUT2D eigenvalue weighted by Gasteiger charge is 2.33. The number of nitrogens with one attached hydrogen (secondary N) is 1. The largest absolute Gasteiger partial charge is 0.354 e. The lowest BCUT2D eigenvalue weighted by atomic mass is 9.92. The second-order valence-electron chi connectivity index (χ2n) is 5.85. The molecule has 2 atom stereocenters. The Hall–Kier alpha value is -2.62. The summed E-state index contributed by atoms with van der Waals surface area (Å²) in [6, 6.07) is -0.713. The van der Waals surface area contributed by atoms with Crippen LogP contribution in [0.3, 0.4) is 0 Å². The Kier molecular flexibility index (Phi) is 2.97. The molecule has 0 aromatic carbocycles. The highest BCUT2D eigenvalue weighted by molar-refractivity contribution is 5.88. The summed E-state index contributed by atoms with van der Waals surface area (Å²) in [5, 5.41) is 0.435. The molecule has 1 aliphatic rings. The van der Waals surface area contributed by atoms with Crippen molar-refractivity contribution < 1.29 is 11.6 Å². The molecule has 0 unspecified atom stereocenters. The number of piperidine rings is 1. The van der Waals surface area contributed by atoms with E-state index in [-0.39, 0.29) is 32.1 Å². The normalized spacial score (nSPS) is 27.5. The maximum atomic E-state index is 12.3. The smallest absolute Gasteiger partial charge is 0.302 e. The van der Waals surface area contributed by atoms with E-state index >= 15 is 0 Å². The predicted octanol–water partition coefficient (Wildman–Crippen LogP) is 1.86. The van der Waals surface area contributed by atoms with Crippen LogP contribution in [0, 0.1) is 19.4 Å². The lowest BCUT2D eigenvalue weighted by Gasteiger charge is -2.41. The molecule has 2 aromatic rings. The Balaban J connectivity index is 2.08. The van der Waals surface area contributed by atoms with Crippen LogP contribution in [0.1, 0.15) is 25.8 Å². The average Bonchev–Trinajstić information content (AvgIpc) is 2.95. The molecule has 126 valence electrons. The van der Waals surface area contributed by atoms with E-state index < -0.39 is 24.7 Å². The molecule has 3 rings (SSSR count). The second-order valence-corrected chi connectivity index (χ2v) is 5.85. The number of rotatable bonds is 3. The van der Waals surface area contributed by atoms with Gasteiger partial charge in [0.15, 0.2) is 0 Å². The molecule has 0 saturated carbocycles. The van der Waals surface area contributed by atoms with E-state index in [1.54, 1.807) is 18.9 Å². The molecule has 1 fully saturated rings. The minimum Gasteiger partial charge on any atom is -0.354 e. The number of amides is 1. The molecule has 7 nitrogen and oxygen atoms in total. The second kappa shape index (κ2) is 6.48. The molecule has 0 bridgehead atoms.